The van der Waals surface area contributed by atoms with Gasteiger partial charge in [-0.05, 0) is 30.7 Å². The van der Waals surface area contributed by atoms with Gasteiger partial charge in [0.15, 0.2) is 0 Å². The van der Waals surface area contributed by atoms with E-state index in [0.29, 0.717) is 11.5 Å². The summed E-state index contributed by atoms with van der Waals surface area (Å²) in [4.78, 5) is 16.2. The molecule has 0 bridgehead atoms. The van der Waals surface area contributed by atoms with Crippen LogP contribution >= 0.6 is 0 Å². The molecule has 1 aromatic heterocycles. The Hall–Kier alpha value is -2.37. The first kappa shape index (κ1) is 14.0. The molecule has 0 aliphatic rings. The van der Waals surface area contributed by atoms with Gasteiger partial charge in [-0.1, -0.05) is 13.8 Å². The number of aromatic nitrogens is 3. The number of nitrogens with zero attached hydrogens (tertiary/aromatic N) is 2. The van der Waals surface area contributed by atoms with Gasteiger partial charge in [0.2, 0.25) is 5.82 Å². The van der Waals surface area contributed by atoms with Gasteiger partial charge in [-0.2, -0.15) is 0 Å². The Labute approximate surface area is 117 Å². The summed E-state index contributed by atoms with van der Waals surface area (Å²) in [5, 5.41) is 9.48. The van der Waals surface area contributed by atoms with Crippen LogP contribution in [0.3, 0.4) is 0 Å². The summed E-state index contributed by atoms with van der Waals surface area (Å²) in [6, 6.07) is 5.44. The Morgan fingerprint density at radius 2 is 2.15 bits per heavy atom. The highest BCUT2D eigenvalue weighted by Gasteiger charge is 2.15. The van der Waals surface area contributed by atoms with E-state index in [4.69, 9.17) is 4.74 Å². The molecule has 6 nitrogen and oxygen atoms in total. The molecule has 0 unspecified atom stereocenters. The summed E-state index contributed by atoms with van der Waals surface area (Å²) >= 11 is 0. The molecule has 6 heteroatoms. The normalized spacial score (nSPS) is 10.7. The van der Waals surface area contributed by atoms with Crippen molar-refractivity contribution >= 4 is 11.6 Å². The van der Waals surface area contributed by atoms with Crippen molar-refractivity contribution in [3.8, 4) is 5.75 Å². The Balaban J connectivity index is 2.14. The number of hydrogen-bond acceptors (Lipinski definition) is 4. The molecule has 2 aromatic rings. The molecule has 0 saturated carbocycles. The van der Waals surface area contributed by atoms with Crippen LogP contribution in [0.2, 0.25) is 0 Å². The van der Waals surface area contributed by atoms with Gasteiger partial charge in [0.05, 0.1) is 7.11 Å². The van der Waals surface area contributed by atoms with Crippen molar-refractivity contribution in [2.45, 2.75) is 26.7 Å². The van der Waals surface area contributed by atoms with Crippen LogP contribution in [0.5, 0.6) is 5.75 Å². The van der Waals surface area contributed by atoms with Crippen molar-refractivity contribution in [2.24, 2.45) is 0 Å². The number of rotatable bonds is 4. The first-order valence-electron chi connectivity index (χ1n) is 6.39. The number of nitrogens with one attached hydrogen (secondary N) is 2. The third-order valence-electron chi connectivity index (χ3n) is 2.93. The average molecular weight is 274 g/mol. The number of amides is 1. The van der Waals surface area contributed by atoms with E-state index >= 15 is 0 Å². The van der Waals surface area contributed by atoms with E-state index in [9.17, 15) is 4.79 Å². The van der Waals surface area contributed by atoms with Gasteiger partial charge in [0.25, 0.3) is 5.91 Å². The van der Waals surface area contributed by atoms with Crippen LogP contribution in [0.15, 0.2) is 18.2 Å². The third-order valence-corrected chi connectivity index (χ3v) is 2.93. The molecule has 0 fully saturated rings. The smallest absolute Gasteiger partial charge is 0.295 e. The second-order valence-corrected chi connectivity index (χ2v) is 4.83. The fraction of sp³-hybridized carbons (Fsp3) is 0.357. The number of anilines is 1. The van der Waals surface area contributed by atoms with Gasteiger partial charge >= 0.3 is 0 Å². The van der Waals surface area contributed by atoms with Crippen LogP contribution in [-0.4, -0.2) is 28.2 Å². The lowest BCUT2D eigenvalue weighted by Gasteiger charge is -2.08. The quantitative estimate of drug-likeness (QED) is 0.897. The van der Waals surface area contributed by atoms with Crippen molar-refractivity contribution in [1.29, 1.82) is 0 Å². The predicted octanol–water partition coefficient (Wildman–Crippen LogP) is 2.50. The average Bonchev–Trinajstić information content (AvgIpc) is 2.91. The summed E-state index contributed by atoms with van der Waals surface area (Å²) in [5.41, 5.74) is 1.63. The van der Waals surface area contributed by atoms with Crippen molar-refractivity contribution in [3.63, 3.8) is 0 Å². The van der Waals surface area contributed by atoms with Gasteiger partial charge in [-0.3, -0.25) is 9.89 Å². The van der Waals surface area contributed by atoms with E-state index in [1.165, 1.54) is 0 Å². The number of aryl methyl sites for hydroxylation is 1. The summed E-state index contributed by atoms with van der Waals surface area (Å²) in [6.07, 6.45) is 0. The molecule has 20 heavy (non-hydrogen) atoms. The van der Waals surface area contributed by atoms with Crippen molar-refractivity contribution in [3.05, 3.63) is 35.4 Å². The van der Waals surface area contributed by atoms with E-state index in [0.717, 1.165) is 11.3 Å². The lowest BCUT2D eigenvalue weighted by atomic mass is 10.2. The third kappa shape index (κ3) is 2.96. The van der Waals surface area contributed by atoms with Crippen LogP contribution in [-0.2, 0) is 0 Å². The number of benzene rings is 1. The molecule has 106 valence electrons. The number of carbonyl (C=O) groups excluding carboxylic acids is 1. The lowest BCUT2D eigenvalue weighted by molar-refractivity contribution is 0.101. The van der Waals surface area contributed by atoms with Gasteiger partial charge in [0.1, 0.15) is 11.6 Å². The maximum absolute atomic E-state index is 12.1. The second kappa shape index (κ2) is 5.73. The molecule has 0 atom stereocenters. The van der Waals surface area contributed by atoms with Crippen LogP contribution in [0.25, 0.3) is 0 Å². The van der Waals surface area contributed by atoms with Gasteiger partial charge in [-0.25, -0.2) is 4.98 Å². The minimum absolute atomic E-state index is 0.143. The fourth-order valence-corrected chi connectivity index (χ4v) is 1.72. The number of aromatic amines is 1. The summed E-state index contributed by atoms with van der Waals surface area (Å²) in [7, 11) is 1.61. The van der Waals surface area contributed by atoms with Crippen LogP contribution in [0.4, 0.5) is 5.69 Å². The van der Waals surface area contributed by atoms with Gasteiger partial charge < -0.3 is 10.1 Å². The number of carbonyl (C=O) groups is 1. The molecule has 0 radical (unpaired) electrons. The number of hydrogen-bond donors (Lipinski definition) is 2. The zero-order valence-electron chi connectivity index (χ0n) is 12.0. The summed E-state index contributed by atoms with van der Waals surface area (Å²) in [6.45, 7) is 5.86. The number of ether oxygens (including phenoxy) is 1. The SMILES string of the molecule is COc1ccc(NC(=O)c2n[nH]c(C(C)C)n2)c(C)c1. The molecule has 2 rings (SSSR count). The second-order valence-electron chi connectivity index (χ2n) is 4.83. The number of methoxy groups -OCH3 is 1. The van der Waals surface area contributed by atoms with Gasteiger partial charge in [-0.15, -0.1) is 5.10 Å². The molecule has 0 aliphatic heterocycles. The molecular formula is C14H18N4O2. The minimum atomic E-state index is -0.332. The van der Waals surface area contributed by atoms with Crippen LogP contribution in [0, 0.1) is 6.92 Å². The topological polar surface area (TPSA) is 79.9 Å². The van der Waals surface area contributed by atoms with E-state index in [2.05, 4.69) is 20.5 Å². The molecule has 1 aromatic carbocycles. The first-order chi connectivity index (χ1) is 9.51. The van der Waals surface area contributed by atoms with E-state index in [1.54, 1.807) is 19.2 Å². The summed E-state index contributed by atoms with van der Waals surface area (Å²) in [5.74, 6) is 1.46. The van der Waals surface area contributed by atoms with E-state index < -0.39 is 0 Å². The zero-order chi connectivity index (χ0) is 14.7. The highest BCUT2D eigenvalue weighted by atomic mass is 16.5. The van der Waals surface area contributed by atoms with Gasteiger partial charge in [0, 0.05) is 11.6 Å². The Morgan fingerprint density at radius 1 is 1.40 bits per heavy atom. The Morgan fingerprint density at radius 3 is 2.70 bits per heavy atom. The fourth-order valence-electron chi connectivity index (χ4n) is 1.72. The molecule has 0 aliphatic carbocycles. The first-order valence-corrected chi connectivity index (χ1v) is 6.39. The monoisotopic (exact) mass is 274 g/mol. The molecule has 1 amide bonds. The maximum atomic E-state index is 12.1. The van der Waals surface area contributed by atoms with E-state index in [1.807, 2.05) is 26.8 Å². The van der Waals surface area contributed by atoms with Crippen LogP contribution in [0.1, 0.15) is 41.8 Å². The standard InChI is InChI=1S/C14H18N4O2/c1-8(2)12-16-13(18-17-12)14(19)15-11-6-5-10(20-4)7-9(11)3/h5-8H,1-4H3,(H,15,19)(H,16,17,18). The van der Waals surface area contributed by atoms with Crippen LogP contribution < -0.4 is 10.1 Å². The highest BCUT2D eigenvalue weighted by molar-refractivity contribution is 6.01. The molecule has 0 spiro atoms. The molecule has 0 saturated heterocycles. The maximum Gasteiger partial charge on any atom is 0.295 e. The highest BCUT2D eigenvalue weighted by Crippen LogP contribution is 2.21. The Kier molecular flexibility index (Phi) is 4.02. The van der Waals surface area contributed by atoms with Crippen molar-refractivity contribution in [2.75, 3.05) is 12.4 Å². The molecule has 1 heterocycles. The largest absolute Gasteiger partial charge is 0.497 e. The molecule has 2 N–H and O–H groups in total. The predicted molar refractivity (Wildman–Crippen MR) is 76.2 cm³/mol. The van der Waals surface area contributed by atoms with Crippen molar-refractivity contribution < 1.29 is 9.53 Å². The Bertz CT molecular complexity index is 619. The molecular weight excluding hydrogens is 256 g/mol. The zero-order valence-corrected chi connectivity index (χ0v) is 12.0. The lowest BCUT2D eigenvalue weighted by Crippen LogP contribution is -2.14. The van der Waals surface area contributed by atoms with E-state index in [-0.39, 0.29) is 17.6 Å². The van der Waals surface area contributed by atoms with Crippen molar-refractivity contribution in [1.82, 2.24) is 15.2 Å². The summed E-state index contributed by atoms with van der Waals surface area (Å²) < 4.78 is 5.13. The minimum Gasteiger partial charge on any atom is -0.497 e. The number of H-pyrrole nitrogens is 1.